The van der Waals surface area contributed by atoms with Crippen LogP contribution in [0.1, 0.15) is 11.3 Å². The fraction of sp³-hybridized carbons (Fsp3) is 0.0769. The molecule has 0 bridgehead atoms. The van der Waals surface area contributed by atoms with Crippen molar-refractivity contribution in [1.82, 2.24) is 4.57 Å². The lowest BCUT2D eigenvalue weighted by Gasteiger charge is -2.12. The minimum absolute atomic E-state index is 0.130. The number of rotatable bonds is 2. The average molecular weight is 245 g/mol. The third kappa shape index (κ3) is 2.15. The second-order valence-corrected chi connectivity index (χ2v) is 3.95. The third-order valence-corrected chi connectivity index (χ3v) is 2.64. The van der Waals surface area contributed by atoms with Gasteiger partial charge in [-0.3, -0.25) is 10.2 Å². The first-order valence-electron chi connectivity index (χ1n) is 5.32. The van der Waals surface area contributed by atoms with Crippen LogP contribution in [-0.2, 0) is 0 Å². The molecule has 0 amide bonds. The van der Waals surface area contributed by atoms with E-state index in [9.17, 15) is 9.18 Å². The number of aryl methyl sites for hydroxylation is 1. The Morgan fingerprint density at radius 2 is 1.94 bits per heavy atom. The molecule has 2 aromatic rings. The summed E-state index contributed by atoms with van der Waals surface area (Å²) in [6.45, 7) is 1.76. The second kappa shape index (κ2) is 4.44. The fourth-order valence-electron chi connectivity index (χ4n) is 1.71. The van der Waals surface area contributed by atoms with Crippen molar-refractivity contribution < 1.29 is 4.39 Å². The molecule has 0 atom stereocenters. The van der Waals surface area contributed by atoms with Gasteiger partial charge in [-0.1, -0.05) is 0 Å². The lowest BCUT2D eigenvalue weighted by Crippen LogP contribution is -2.23. The summed E-state index contributed by atoms with van der Waals surface area (Å²) in [6.07, 6.45) is 1.49. The van der Waals surface area contributed by atoms with Gasteiger partial charge in [-0.15, -0.1) is 0 Å². The van der Waals surface area contributed by atoms with Crippen molar-refractivity contribution in [2.24, 2.45) is 5.73 Å². The van der Waals surface area contributed by atoms with Crippen molar-refractivity contribution >= 4 is 5.84 Å². The summed E-state index contributed by atoms with van der Waals surface area (Å²) >= 11 is 0. The molecule has 0 saturated heterocycles. The van der Waals surface area contributed by atoms with Crippen molar-refractivity contribution in [2.45, 2.75) is 6.92 Å². The highest BCUT2D eigenvalue weighted by molar-refractivity contribution is 5.94. The Hall–Kier alpha value is -2.43. The molecule has 0 aliphatic carbocycles. The van der Waals surface area contributed by atoms with Crippen molar-refractivity contribution in [1.29, 1.82) is 5.41 Å². The van der Waals surface area contributed by atoms with Gasteiger partial charge in [-0.25, -0.2) is 4.39 Å². The first-order valence-corrected chi connectivity index (χ1v) is 5.32. The molecule has 0 aliphatic heterocycles. The van der Waals surface area contributed by atoms with Crippen molar-refractivity contribution in [3.05, 3.63) is 63.8 Å². The molecule has 0 unspecified atom stereocenters. The van der Waals surface area contributed by atoms with E-state index in [1.165, 1.54) is 24.4 Å². The van der Waals surface area contributed by atoms with E-state index >= 15 is 0 Å². The molecule has 1 aromatic heterocycles. The maximum atomic E-state index is 12.9. The summed E-state index contributed by atoms with van der Waals surface area (Å²) < 4.78 is 14.6. The first-order chi connectivity index (χ1) is 8.49. The maximum Gasteiger partial charge on any atom is 0.192 e. The largest absolute Gasteiger partial charge is 0.384 e. The maximum absolute atomic E-state index is 12.9. The molecule has 3 N–H and O–H groups in total. The Morgan fingerprint density at radius 3 is 2.50 bits per heavy atom. The van der Waals surface area contributed by atoms with Crippen molar-refractivity contribution in [2.75, 3.05) is 0 Å². The van der Waals surface area contributed by atoms with E-state index < -0.39 is 0 Å². The summed E-state index contributed by atoms with van der Waals surface area (Å²) in [4.78, 5) is 11.6. The van der Waals surface area contributed by atoms with Crippen LogP contribution < -0.4 is 11.2 Å². The zero-order valence-electron chi connectivity index (χ0n) is 9.77. The number of nitrogen functional groups attached to an aromatic ring is 1. The van der Waals surface area contributed by atoms with Crippen molar-refractivity contribution in [3.63, 3.8) is 0 Å². The van der Waals surface area contributed by atoms with Crippen molar-refractivity contribution in [3.8, 4) is 5.69 Å². The minimum atomic E-state index is -0.329. The van der Waals surface area contributed by atoms with E-state index in [2.05, 4.69) is 0 Å². The number of halogens is 1. The fourth-order valence-corrected chi connectivity index (χ4v) is 1.71. The lowest BCUT2D eigenvalue weighted by atomic mass is 10.2. The monoisotopic (exact) mass is 245 g/mol. The first kappa shape index (κ1) is 12.0. The molecule has 5 heteroatoms. The van der Waals surface area contributed by atoms with Crippen LogP contribution in [0.25, 0.3) is 5.69 Å². The second-order valence-electron chi connectivity index (χ2n) is 3.95. The normalized spacial score (nSPS) is 10.3. The molecule has 1 aromatic carbocycles. The average Bonchev–Trinajstić information content (AvgIpc) is 2.30. The number of hydrogen-bond donors (Lipinski definition) is 2. The molecule has 4 nitrogen and oxygen atoms in total. The summed E-state index contributed by atoms with van der Waals surface area (Å²) in [5, 5.41) is 7.34. The molecule has 0 radical (unpaired) electrons. The summed E-state index contributed by atoms with van der Waals surface area (Å²) in [5.74, 6) is -0.611. The zero-order valence-corrected chi connectivity index (χ0v) is 9.77. The highest BCUT2D eigenvalue weighted by Gasteiger charge is 2.07. The predicted molar refractivity (Wildman–Crippen MR) is 67.8 cm³/mol. The molecule has 1 heterocycles. The van der Waals surface area contributed by atoms with E-state index in [0.29, 0.717) is 11.4 Å². The van der Waals surface area contributed by atoms with Gasteiger partial charge < -0.3 is 10.3 Å². The molecule has 0 spiro atoms. The smallest absolute Gasteiger partial charge is 0.192 e. The SMILES string of the molecule is Cc1cc(=O)c(C(=N)N)cn1-c1ccc(F)cc1. The number of hydrogen-bond acceptors (Lipinski definition) is 2. The minimum Gasteiger partial charge on any atom is -0.384 e. The van der Waals surface area contributed by atoms with Crippen LogP contribution in [0.5, 0.6) is 0 Å². The molecule has 92 valence electrons. The van der Waals surface area contributed by atoms with E-state index in [4.69, 9.17) is 11.1 Å². The third-order valence-electron chi connectivity index (χ3n) is 2.64. The topological polar surface area (TPSA) is 71.9 Å². The molecular weight excluding hydrogens is 233 g/mol. The van der Waals surface area contributed by atoms with Gasteiger partial charge in [0.05, 0.1) is 5.56 Å². The number of amidine groups is 1. The van der Waals surface area contributed by atoms with E-state index in [1.54, 1.807) is 23.6 Å². The predicted octanol–water partition coefficient (Wildman–Crippen LogP) is 1.57. The van der Waals surface area contributed by atoms with Crippen LogP contribution in [0.4, 0.5) is 4.39 Å². The summed E-state index contributed by atoms with van der Waals surface area (Å²) in [6, 6.07) is 7.26. The van der Waals surface area contributed by atoms with Gasteiger partial charge in [-0.2, -0.15) is 0 Å². The zero-order chi connectivity index (χ0) is 13.3. The van der Waals surface area contributed by atoms with Crippen LogP contribution in [0.2, 0.25) is 0 Å². The standard InChI is InChI=1S/C13H12FN3O/c1-8-6-12(18)11(13(15)16)7-17(8)10-4-2-9(14)3-5-10/h2-7H,1H3,(H3,15,16). The molecule has 0 fully saturated rings. The van der Waals surface area contributed by atoms with Gasteiger partial charge >= 0.3 is 0 Å². The number of aromatic nitrogens is 1. The highest BCUT2D eigenvalue weighted by atomic mass is 19.1. The van der Waals surface area contributed by atoms with Gasteiger partial charge in [-0.05, 0) is 31.2 Å². The lowest BCUT2D eigenvalue weighted by molar-refractivity contribution is 0.627. The van der Waals surface area contributed by atoms with Gasteiger partial charge in [0.1, 0.15) is 11.7 Å². The van der Waals surface area contributed by atoms with Crippen LogP contribution in [0.15, 0.2) is 41.3 Å². The Balaban J connectivity index is 2.64. The molecule has 2 rings (SSSR count). The van der Waals surface area contributed by atoms with Gasteiger partial charge in [0.25, 0.3) is 0 Å². The van der Waals surface area contributed by atoms with Crippen LogP contribution in [0, 0.1) is 18.2 Å². The highest BCUT2D eigenvalue weighted by Crippen LogP contribution is 2.11. The van der Waals surface area contributed by atoms with Gasteiger partial charge in [0.2, 0.25) is 0 Å². The molecular formula is C13H12FN3O. The van der Waals surface area contributed by atoms with E-state index in [-0.39, 0.29) is 22.6 Å². The number of nitrogens with one attached hydrogen (secondary N) is 1. The quantitative estimate of drug-likeness (QED) is 0.622. The molecule has 18 heavy (non-hydrogen) atoms. The Kier molecular flexibility index (Phi) is 2.97. The Labute approximate surface area is 103 Å². The number of nitrogens with zero attached hydrogens (tertiary/aromatic N) is 1. The van der Waals surface area contributed by atoms with Gasteiger partial charge in [0, 0.05) is 23.6 Å². The number of benzene rings is 1. The summed E-state index contributed by atoms with van der Waals surface area (Å²) in [5.41, 5.74) is 6.58. The number of nitrogens with two attached hydrogens (primary N) is 1. The molecule has 0 aliphatic rings. The van der Waals surface area contributed by atoms with Gasteiger partial charge in [0.15, 0.2) is 5.43 Å². The van der Waals surface area contributed by atoms with E-state index in [1.807, 2.05) is 0 Å². The van der Waals surface area contributed by atoms with Crippen LogP contribution in [0.3, 0.4) is 0 Å². The Morgan fingerprint density at radius 1 is 1.33 bits per heavy atom. The summed E-state index contributed by atoms with van der Waals surface area (Å²) in [7, 11) is 0. The van der Waals surface area contributed by atoms with Crippen LogP contribution in [-0.4, -0.2) is 10.4 Å². The Bertz CT molecular complexity index is 659. The molecule has 0 saturated carbocycles. The van der Waals surface area contributed by atoms with Crippen LogP contribution >= 0.6 is 0 Å². The number of pyridine rings is 1. The van der Waals surface area contributed by atoms with E-state index in [0.717, 1.165) is 0 Å².